The molecule has 0 saturated heterocycles. The normalized spacial score (nSPS) is 53.0. The summed E-state index contributed by atoms with van der Waals surface area (Å²) in [7, 11) is 0. The molecule has 6 unspecified atom stereocenters. The van der Waals surface area contributed by atoms with E-state index in [0.29, 0.717) is 43.4 Å². The first-order chi connectivity index (χ1) is 14.4. The molecule has 4 heteroatoms. The van der Waals surface area contributed by atoms with Crippen molar-refractivity contribution < 1.29 is 20.4 Å². The average Bonchev–Trinajstić information content (AvgIpc) is 3.03. The molecule has 180 valence electrons. The zero-order valence-electron chi connectivity index (χ0n) is 20.6. The van der Waals surface area contributed by atoms with Gasteiger partial charge >= 0.3 is 0 Å². The van der Waals surface area contributed by atoms with Gasteiger partial charge in [-0.1, -0.05) is 53.9 Å². The van der Waals surface area contributed by atoms with Crippen LogP contribution in [-0.4, -0.2) is 43.8 Å². The van der Waals surface area contributed by atoms with Crippen LogP contribution < -0.4 is 0 Å². The fraction of sp³-hybridized carbons (Fsp3) is 1.00. The molecule has 4 saturated carbocycles. The zero-order valence-corrected chi connectivity index (χ0v) is 20.6. The van der Waals surface area contributed by atoms with Crippen LogP contribution in [0.25, 0.3) is 0 Å². The molecule has 4 fully saturated rings. The standard InChI is InChI=1S/C27H48O4/c1-17(2)7-6-8-18(3)20-9-10-21-22-15-23(29)27(31)16-19(28)11-12-25(27,5)26(22,30)14-13-24(20,21)4/h17-23,28-31H,6-16H2,1-5H3/t18?,19-,20?,21?,22?,23+,24?,25?,26+,27-/m0/s1. The van der Waals surface area contributed by atoms with E-state index >= 15 is 0 Å². The smallest absolute Gasteiger partial charge is 0.101 e. The Hall–Kier alpha value is -0.160. The molecule has 4 rings (SSSR count). The Balaban J connectivity index is 1.58. The van der Waals surface area contributed by atoms with E-state index in [-0.39, 0.29) is 17.8 Å². The second kappa shape index (κ2) is 7.96. The van der Waals surface area contributed by atoms with Gasteiger partial charge in [-0.15, -0.1) is 0 Å². The minimum absolute atomic E-state index is 0.0367. The molecule has 0 aromatic rings. The van der Waals surface area contributed by atoms with Crippen molar-refractivity contribution in [3.05, 3.63) is 0 Å². The maximum absolute atomic E-state index is 12.3. The van der Waals surface area contributed by atoms with Crippen LogP contribution in [0.1, 0.15) is 105 Å². The van der Waals surface area contributed by atoms with E-state index in [9.17, 15) is 20.4 Å². The SMILES string of the molecule is CC(C)CCCC(C)C1CCC2C3C[C@@H](O)[C@@]4(O)C[C@@H](O)CCC4(C)[C@@]3(O)CCC12C. The third kappa shape index (κ3) is 3.37. The first kappa shape index (κ1) is 24.0. The van der Waals surface area contributed by atoms with Crippen molar-refractivity contribution in [1.29, 1.82) is 0 Å². The Bertz CT molecular complexity index is 666. The van der Waals surface area contributed by atoms with Gasteiger partial charge in [0.15, 0.2) is 0 Å². The predicted molar refractivity (Wildman–Crippen MR) is 123 cm³/mol. The van der Waals surface area contributed by atoms with Gasteiger partial charge in [0.1, 0.15) is 5.60 Å². The van der Waals surface area contributed by atoms with Crippen LogP contribution in [0, 0.1) is 40.4 Å². The summed E-state index contributed by atoms with van der Waals surface area (Å²) in [5, 5.41) is 45.3. The topological polar surface area (TPSA) is 80.9 Å². The minimum atomic E-state index is -1.40. The van der Waals surface area contributed by atoms with Crippen LogP contribution in [0.4, 0.5) is 0 Å². The highest BCUT2D eigenvalue weighted by Crippen LogP contribution is 2.70. The lowest BCUT2D eigenvalue weighted by Gasteiger charge is -2.69. The summed E-state index contributed by atoms with van der Waals surface area (Å²) < 4.78 is 0. The molecular weight excluding hydrogens is 388 g/mol. The van der Waals surface area contributed by atoms with Crippen LogP contribution >= 0.6 is 0 Å². The molecule has 0 amide bonds. The highest BCUT2D eigenvalue weighted by Gasteiger charge is 2.73. The Morgan fingerprint density at radius 1 is 0.839 bits per heavy atom. The minimum Gasteiger partial charge on any atom is -0.393 e. The fourth-order valence-corrected chi connectivity index (χ4v) is 9.22. The van der Waals surface area contributed by atoms with Gasteiger partial charge in [-0.3, -0.25) is 0 Å². The number of fused-ring (bicyclic) bond motifs is 5. The summed E-state index contributed by atoms with van der Waals surface area (Å²) in [5.74, 6) is 2.60. The van der Waals surface area contributed by atoms with E-state index in [1.54, 1.807) is 0 Å². The summed E-state index contributed by atoms with van der Waals surface area (Å²) in [4.78, 5) is 0. The second-order valence-corrected chi connectivity index (χ2v) is 13.0. The molecule has 31 heavy (non-hydrogen) atoms. The number of rotatable bonds is 5. The summed E-state index contributed by atoms with van der Waals surface area (Å²) in [5.41, 5.74) is -2.90. The maximum Gasteiger partial charge on any atom is 0.101 e. The van der Waals surface area contributed by atoms with Gasteiger partial charge in [0.25, 0.3) is 0 Å². The van der Waals surface area contributed by atoms with Crippen molar-refractivity contribution in [2.24, 2.45) is 40.4 Å². The molecule has 4 nitrogen and oxygen atoms in total. The van der Waals surface area contributed by atoms with E-state index in [0.717, 1.165) is 18.8 Å². The van der Waals surface area contributed by atoms with Crippen LogP contribution in [0.5, 0.6) is 0 Å². The van der Waals surface area contributed by atoms with Gasteiger partial charge in [0.2, 0.25) is 0 Å². The van der Waals surface area contributed by atoms with Crippen molar-refractivity contribution in [1.82, 2.24) is 0 Å². The molecule has 4 aliphatic carbocycles. The Morgan fingerprint density at radius 2 is 1.55 bits per heavy atom. The molecule has 0 aromatic heterocycles. The number of aliphatic hydroxyl groups is 4. The molecule has 0 bridgehead atoms. The van der Waals surface area contributed by atoms with Crippen molar-refractivity contribution >= 4 is 0 Å². The van der Waals surface area contributed by atoms with Gasteiger partial charge in [-0.2, -0.15) is 0 Å². The average molecular weight is 437 g/mol. The molecule has 4 aliphatic rings. The van der Waals surface area contributed by atoms with E-state index in [1.807, 2.05) is 6.92 Å². The molecule has 0 aliphatic heterocycles. The highest BCUT2D eigenvalue weighted by atomic mass is 16.4. The van der Waals surface area contributed by atoms with E-state index in [4.69, 9.17) is 0 Å². The van der Waals surface area contributed by atoms with Gasteiger partial charge < -0.3 is 20.4 Å². The second-order valence-electron chi connectivity index (χ2n) is 13.0. The third-order valence-corrected chi connectivity index (χ3v) is 11.2. The van der Waals surface area contributed by atoms with Crippen LogP contribution in [0.2, 0.25) is 0 Å². The van der Waals surface area contributed by atoms with Crippen LogP contribution in [-0.2, 0) is 0 Å². The quantitative estimate of drug-likeness (QED) is 0.505. The maximum atomic E-state index is 12.3. The van der Waals surface area contributed by atoms with E-state index in [1.165, 1.54) is 25.7 Å². The Kier molecular flexibility index (Phi) is 6.16. The van der Waals surface area contributed by atoms with Gasteiger partial charge in [-0.25, -0.2) is 0 Å². The Morgan fingerprint density at radius 3 is 2.23 bits per heavy atom. The molecule has 0 aromatic carbocycles. The molecule has 4 N–H and O–H groups in total. The molecule has 10 atom stereocenters. The van der Waals surface area contributed by atoms with E-state index in [2.05, 4.69) is 27.7 Å². The molecule has 0 radical (unpaired) electrons. The van der Waals surface area contributed by atoms with Crippen molar-refractivity contribution in [2.45, 2.75) is 129 Å². The van der Waals surface area contributed by atoms with Crippen LogP contribution in [0.3, 0.4) is 0 Å². The lowest BCUT2D eigenvalue weighted by atomic mass is 9.40. The van der Waals surface area contributed by atoms with Gasteiger partial charge in [-0.05, 0) is 80.0 Å². The molecule has 0 spiro atoms. The molecular formula is C27H48O4. The van der Waals surface area contributed by atoms with Crippen LogP contribution in [0.15, 0.2) is 0 Å². The third-order valence-electron chi connectivity index (χ3n) is 11.2. The number of hydrogen-bond donors (Lipinski definition) is 4. The van der Waals surface area contributed by atoms with Crippen molar-refractivity contribution in [2.75, 3.05) is 0 Å². The van der Waals surface area contributed by atoms with Gasteiger partial charge in [0, 0.05) is 11.8 Å². The zero-order chi connectivity index (χ0) is 22.8. The first-order valence-electron chi connectivity index (χ1n) is 13.2. The summed E-state index contributed by atoms with van der Waals surface area (Å²) in [6.45, 7) is 11.5. The summed E-state index contributed by atoms with van der Waals surface area (Å²) in [6, 6.07) is 0. The fourth-order valence-electron chi connectivity index (χ4n) is 9.22. The lowest BCUT2D eigenvalue weighted by Crippen LogP contribution is -2.76. The number of aliphatic hydroxyl groups excluding tert-OH is 2. The predicted octanol–water partition coefficient (Wildman–Crippen LogP) is 4.67. The molecule has 0 heterocycles. The van der Waals surface area contributed by atoms with Gasteiger partial charge in [0.05, 0.1) is 17.8 Å². The van der Waals surface area contributed by atoms with Crippen molar-refractivity contribution in [3.63, 3.8) is 0 Å². The first-order valence-corrected chi connectivity index (χ1v) is 13.2. The summed E-state index contributed by atoms with van der Waals surface area (Å²) >= 11 is 0. The van der Waals surface area contributed by atoms with E-state index < -0.39 is 28.8 Å². The largest absolute Gasteiger partial charge is 0.393 e. The Labute approximate surface area is 189 Å². The monoisotopic (exact) mass is 436 g/mol. The number of hydrogen-bond acceptors (Lipinski definition) is 4. The lowest BCUT2D eigenvalue weighted by molar-refractivity contribution is -0.324. The van der Waals surface area contributed by atoms with Crippen molar-refractivity contribution in [3.8, 4) is 0 Å². The summed E-state index contributed by atoms with van der Waals surface area (Å²) in [6.07, 6.45) is 8.32. The highest BCUT2D eigenvalue weighted by molar-refractivity contribution is 5.23.